The minimum atomic E-state index is -4.30. The van der Waals surface area contributed by atoms with Crippen molar-refractivity contribution >= 4 is 13.8 Å². The lowest BCUT2D eigenvalue weighted by molar-refractivity contribution is -0.154. The van der Waals surface area contributed by atoms with Crippen molar-refractivity contribution in [2.45, 2.75) is 213 Å². The third kappa shape index (κ3) is 41.9. The molecule has 0 spiro atoms. The zero-order valence-corrected chi connectivity index (χ0v) is 36.1. The van der Waals surface area contributed by atoms with Crippen LogP contribution in [-0.2, 0) is 27.9 Å². The summed E-state index contributed by atoms with van der Waals surface area (Å²) in [6.07, 6.45) is 49.1. The second kappa shape index (κ2) is 42.9. The maximum absolute atomic E-state index is 12.6. The molecule has 0 radical (unpaired) electrons. The number of rotatable bonds is 43. The van der Waals surface area contributed by atoms with E-state index in [1.807, 2.05) is 6.08 Å². The van der Waals surface area contributed by atoms with Gasteiger partial charge in [-0.05, 0) is 51.4 Å². The van der Waals surface area contributed by atoms with Crippen LogP contribution in [0.3, 0.4) is 0 Å². The molecular weight excluding hydrogens is 697 g/mol. The Hall–Kier alpha value is -1.28. The minimum absolute atomic E-state index is 0.0723. The van der Waals surface area contributed by atoms with Gasteiger partial charge in [-0.25, -0.2) is 4.57 Å². The molecule has 0 bridgehead atoms. The summed E-state index contributed by atoms with van der Waals surface area (Å²) in [5.74, 6) is -0.391. The largest absolute Gasteiger partial charge is 0.472 e. The Kier molecular flexibility index (Phi) is 41.8. The Labute approximate surface area is 333 Å². The van der Waals surface area contributed by atoms with Gasteiger partial charge in [-0.3, -0.25) is 13.8 Å². The Balaban J connectivity index is 4.09. The fourth-order valence-corrected chi connectivity index (χ4v) is 7.00. The maximum Gasteiger partial charge on any atom is 0.472 e. The predicted octanol–water partition coefficient (Wildman–Crippen LogP) is 13.4. The molecule has 0 aromatic carbocycles. The molecule has 0 aliphatic rings. The van der Waals surface area contributed by atoms with Crippen LogP contribution in [0.1, 0.15) is 206 Å². The van der Waals surface area contributed by atoms with Crippen molar-refractivity contribution in [1.29, 1.82) is 0 Å². The van der Waals surface area contributed by atoms with Crippen molar-refractivity contribution in [3.05, 3.63) is 36.5 Å². The number of allylic oxidation sites excluding steroid dienone is 6. The normalized spacial score (nSPS) is 13.8. The minimum Gasteiger partial charge on any atom is -0.457 e. The van der Waals surface area contributed by atoms with Crippen LogP contribution in [0.2, 0.25) is 0 Å². The molecule has 2 atom stereocenters. The summed E-state index contributed by atoms with van der Waals surface area (Å²) in [4.78, 5) is 22.5. The predicted molar refractivity (Wildman–Crippen MR) is 229 cm³/mol. The van der Waals surface area contributed by atoms with E-state index in [1.165, 1.54) is 148 Å². The van der Waals surface area contributed by atoms with Crippen LogP contribution in [0.5, 0.6) is 0 Å². The number of phosphoric ester groups is 1. The van der Waals surface area contributed by atoms with Crippen molar-refractivity contribution in [3.63, 3.8) is 0 Å². The van der Waals surface area contributed by atoms with Gasteiger partial charge in [0.05, 0.1) is 19.8 Å². The monoisotopic (exact) mass is 784 g/mol. The Bertz CT molecular complexity index is 926. The van der Waals surface area contributed by atoms with Crippen LogP contribution in [0, 0.1) is 0 Å². The lowest BCUT2D eigenvalue weighted by atomic mass is 10.0. The first-order valence-corrected chi connectivity index (χ1v) is 24.0. The highest BCUT2D eigenvalue weighted by Gasteiger charge is 2.25. The highest BCUT2D eigenvalue weighted by atomic mass is 31.2. The van der Waals surface area contributed by atoms with E-state index < -0.39 is 19.9 Å². The molecular formula is C45H86NO7P. The van der Waals surface area contributed by atoms with Crippen molar-refractivity contribution in [3.8, 4) is 0 Å². The Morgan fingerprint density at radius 1 is 0.556 bits per heavy atom. The molecule has 54 heavy (non-hydrogen) atoms. The van der Waals surface area contributed by atoms with E-state index in [0.717, 1.165) is 32.1 Å². The van der Waals surface area contributed by atoms with Crippen molar-refractivity contribution in [2.75, 3.05) is 33.0 Å². The van der Waals surface area contributed by atoms with Gasteiger partial charge < -0.3 is 20.1 Å². The fraction of sp³-hybridized carbons (Fsp3) is 0.844. The van der Waals surface area contributed by atoms with Crippen molar-refractivity contribution < 1.29 is 32.8 Å². The van der Waals surface area contributed by atoms with Gasteiger partial charge in [-0.1, -0.05) is 185 Å². The first-order chi connectivity index (χ1) is 26.4. The highest BCUT2D eigenvalue weighted by molar-refractivity contribution is 7.47. The molecule has 0 saturated heterocycles. The Morgan fingerprint density at radius 3 is 1.46 bits per heavy atom. The molecule has 0 rings (SSSR count). The summed E-state index contributed by atoms with van der Waals surface area (Å²) in [6, 6.07) is 0. The molecule has 0 fully saturated rings. The molecule has 0 aromatic rings. The summed E-state index contributed by atoms with van der Waals surface area (Å²) >= 11 is 0. The number of ether oxygens (including phenoxy) is 2. The van der Waals surface area contributed by atoms with Gasteiger partial charge >= 0.3 is 13.8 Å². The van der Waals surface area contributed by atoms with Crippen molar-refractivity contribution in [1.82, 2.24) is 0 Å². The lowest BCUT2D eigenvalue weighted by Crippen LogP contribution is -2.28. The second-order valence-corrected chi connectivity index (χ2v) is 16.4. The number of unbranched alkanes of at least 4 members (excludes halogenated alkanes) is 24. The van der Waals surface area contributed by atoms with E-state index in [1.54, 1.807) is 0 Å². The van der Waals surface area contributed by atoms with Gasteiger partial charge in [0, 0.05) is 19.6 Å². The van der Waals surface area contributed by atoms with E-state index in [0.29, 0.717) is 13.0 Å². The van der Waals surface area contributed by atoms with Crippen LogP contribution in [0.15, 0.2) is 36.5 Å². The summed E-state index contributed by atoms with van der Waals surface area (Å²) in [6.45, 7) is 4.77. The average Bonchev–Trinajstić information content (AvgIpc) is 3.16. The van der Waals surface area contributed by atoms with Crippen LogP contribution in [0.25, 0.3) is 0 Å². The summed E-state index contributed by atoms with van der Waals surface area (Å²) in [5.41, 5.74) is 5.36. The number of esters is 1. The third-order valence-corrected chi connectivity index (χ3v) is 10.5. The van der Waals surface area contributed by atoms with E-state index in [2.05, 4.69) is 44.2 Å². The number of hydrogen-bond donors (Lipinski definition) is 2. The van der Waals surface area contributed by atoms with Gasteiger partial charge in [0.15, 0.2) is 0 Å². The summed E-state index contributed by atoms with van der Waals surface area (Å²) in [5, 5.41) is 0. The van der Waals surface area contributed by atoms with Crippen molar-refractivity contribution in [2.24, 2.45) is 5.73 Å². The average molecular weight is 784 g/mol. The molecule has 0 aliphatic carbocycles. The van der Waals surface area contributed by atoms with Gasteiger partial charge in [0.2, 0.25) is 0 Å². The third-order valence-electron chi connectivity index (χ3n) is 9.54. The molecule has 0 saturated carbocycles. The van der Waals surface area contributed by atoms with Gasteiger partial charge in [-0.2, -0.15) is 0 Å². The first-order valence-electron chi connectivity index (χ1n) is 22.5. The maximum atomic E-state index is 12.6. The fourth-order valence-electron chi connectivity index (χ4n) is 6.23. The molecule has 2 unspecified atom stereocenters. The van der Waals surface area contributed by atoms with Crippen LogP contribution >= 0.6 is 7.82 Å². The first kappa shape index (κ1) is 52.7. The Morgan fingerprint density at radius 2 is 0.981 bits per heavy atom. The van der Waals surface area contributed by atoms with Gasteiger partial charge in [0.1, 0.15) is 6.10 Å². The van der Waals surface area contributed by atoms with E-state index in [4.69, 9.17) is 24.3 Å². The SMILES string of the molecule is CCCCCCCCCC/C=C\C/C=C\CCCOCC(COP(=O)(O)OCCN)OC(=O)CC/C=C\CCCCCCCCCCCCCCCCC. The topological polar surface area (TPSA) is 117 Å². The van der Waals surface area contributed by atoms with Gasteiger partial charge in [0.25, 0.3) is 0 Å². The zero-order chi connectivity index (χ0) is 39.5. The highest BCUT2D eigenvalue weighted by Crippen LogP contribution is 2.43. The molecule has 0 aromatic heterocycles. The lowest BCUT2D eigenvalue weighted by Gasteiger charge is -2.19. The molecule has 318 valence electrons. The number of nitrogens with two attached hydrogens (primary N) is 1. The number of phosphoric acid groups is 1. The number of carbonyl (C=O) groups is 1. The van der Waals surface area contributed by atoms with Gasteiger partial charge in [-0.15, -0.1) is 0 Å². The van der Waals surface area contributed by atoms with Crippen LogP contribution in [0.4, 0.5) is 0 Å². The molecule has 0 heterocycles. The quantitative estimate of drug-likeness (QED) is 0.0272. The smallest absolute Gasteiger partial charge is 0.457 e. The molecule has 9 heteroatoms. The van der Waals surface area contributed by atoms with Crippen LogP contribution < -0.4 is 5.73 Å². The van der Waals surface area contributed by atoms with E-state index in [9.17, 15) is 14.3 Å². The summed E-state index contributed by atoms with van der Waals surface area (Å²) < 4.78 is 33.3. The molecule has 0 amide bonds. The molecule has 0 aliphatic heterocycles. The number of hydrogen-bond acceptors (Lipinski definition) is 7. The number of carbonyl (C=O) groups excluding carboxylic acids is 1. The summed E-state index contributed by atoms with van der Waals surface area (Å²) in [7, 11) is -4.30. The molecule has 8 nitrogen and oxygen atoms in total. The standard InChI is InChI=1S/C45H86NO7P/c1-3-5-7-9-11-13-15-17-19-21-22-23-24-26-28-30-32-34-36-38-45(47)53-44(43-52-54(48,49)51-41-39-46)42-50-40-37-35-33-31-29-27-25-20-18-16-14-12-10-8-6-4-2/h25,27,31-34,44H,3-24,26,28-30,35-43,46H2,1-2H3,(H,48,49)/b27-25-,33-31-,34-32-. The van der Waals surface area contributed by atoms with E-state index in [-0.39, 0.29) is 32.8 Å². The second-order valence-electron chi connectivity index (χ2n) is 14.9. The van der Waals surface area contributed by atoms with Crippen LogP contribution in [-0.4, -0.2) is 49.9 Å². The zero-order valence-electron chi connectivity index (χ0n) is 35.2. The molecule has 3 N–H and O–H groups in total. The van der Waals surface area contributed by atoms with E-state index >= 15 is 0 Å².